The highest BCUT2D eigenvalue weighted by Crippen LogP contribution is 2.28. The van der Waals surface area contributed by atoms with Crippen LogP contribution in [0.2, 0.25) is 0 Å². The summed E-state index contributed by atoms with van der Waals surface area (Å²) in [7, 11) is 1.70. The summed E-state index contributed by atoms with van der Waals surface area (Å²) in [5, 5.41) is 10.2. The zero-order valence-electron chi connectivity index (χ0n) is 21.5. The van der Waals surface area contributed by atoms with Gasteiger partial charge in [0.2, 0.25) is 5.91 Å². The van der Waals surface area contributed by atoms with E-state index in [-0.39, 0.29) is 30.4 Å². The molecule has 1 aliphatic carbocycles. The molecule has 3 aliphatic rings. The van der Waals surface area contributed by atoms with Crippen LogP contribution in [0.5, 0.6) is 5.75 Å². The Kier molecular flexibility index (Phi) is 12.6. The number of hydrogen-bond acceptors (Lipinski definition) is 6. The summed E-state index contributed by atoms with van der Waals surface area (Å²) in [6.07, 6.45) is 11.0. The van der Waals surface area contributed by atoms with E-state index in [1.54, 1.807) is 18.9 Å². The molecule has 0 aromatic heterocycles. The summed E-state index contributed by atoms with van der Waals surface area (Å²) in [6.45, 7) is 3.07. The molecule has 1 aromatic rings. The maximum atomic E-state index is 12.9. The van der Waals surface area contributed by atoms with Crippen molar-refractivity contribution in [2.75, 3.05) is 31.8 Å². The van der Waals surface area contributed by atoms with E-state index >= 15 is 0 Å². The number of carbonyl (C=O) groups excluding carboxylic acids is 1. The lowest BCUT2D eigenvalue weighted by molar-refractivity contribution is -0.122. The van der Waals surface area contributed by atoms with E-state index in [1.807, 2.05) is 12.1 Å². The van der Waals surface area contributed by atoms with Crippen molar-refractivity contribution in [3.8, 4) is 5.75 Å². The maximum Gasteiger partial charge on any atom is 0.238 e. The first-order valence-corrected chi connectivity index (χ1v) is 14.9. The Morgan fingerprint density at radius 2 is 1.89 bits per heavy atom. The van der Waals surface area contributed by atoms with Crippen LogP contribution in [0.3, 0.4) is 0 Å². The molecule has 0 spiro atoms. The molecular weight excluding hydrogens is 512 g/mol. The van der Waals surface area contributed by atoms with Crippen LogP contribution >= 0.6 is 36.4 Å². The molecule has 2 heterocycles. The van der Waals surface area contributed by atoms with Crippen LogP contribution in [0.1, 0.15) is 63.4 Å². The predicted molar refractivity (Wildman–Crippen MR) is 156 cm³/mol. The first-order valence-electron chi connectivity index (χ1n) is 13.4. The number of thioether (sulfide) groups is 1. The van der Waals surface area contributed by atoms with Gasteiger partial charge in [0.25, 0.3) is 0 Å². The summed E-state index contributed by atoms with van der Waals surface area (Å²) in [4.78, 5) is 16.2. The highest BCUT2D eigenvalue weighted by molar-refractivity contribution is 7.99. The highest BCUT2D eigenvalue weighted by atomic mass is 35.5. The van der Waals surface area contributed by atoms with Gasteiger partial charge < -0.3 is 15.4 Å². The molecule has 1 saturated carbocycles. The molecule has 3 fully saturated rings. The molecule has 2 saturated heterocycles. The number of carbonyl (C=O) groups is 1. The number of halogens is 1. The fourth-order valence-electron chi connectivity index (χ4n) is 5.51. The minimum atomic E-state index is -0.0961. The molecule has 1 aromatic carbocycles. The average molecular weight is 555 g/mol. The number of hydrogen-bond donors (Lipinski definition) is 3. The van der Waals surface area contributed by atoms with E-state index in [4.69, 9.17) is 17.0 Å². The SMILES string of the molecule is COc1ccc(CN2CCC(NC(=S)[C@@H](CCC3CCCCC3)NC(=O)[C@@H]3CSCN3)CC2)cc1.Cl. The van der Waals surface area contributed by atoms with Crippen molar-refractivity contribution < 1.29 is 9.53 Å². The number of ether oxygens (including phenoxy) is 1. The van der Waals surface area contributed by atoms with E-state index in [2.05, 4.69) is 33.0 Å². The second kappa shape index (κ2) is 15.4. The molecule has 0 bridgehead atoms. The third-order valence-electron chi connectivity index (χ3n) is 7.75. The van der Waals surface area contributed by atoms with Crippen molar-refractivity contribution >= 4 is 47.3 Å². The lowest BCUT2D eigenvalue weighted by Crippen LogP contribution is -2.54. The zero-order valence-corrected chi connectivity index (χ0v) is 24.0. The van der Waals surface area contributed by atoms with Gasteiger partial charge in [0.05, 0.1) is 24.2 Å². The first kappa shape index (κ1) is 29.5. The van der Waals surface area contributed by atoms with Crippen molar-refractivity contribution in [2.24, 2.45) is 5.92 Å². The second-order valence-corrected chi connectivity index (χ2v) is 11.8. The van der Waals surface area contributed by atoms with Gasteiger partial charge in [-0.3, -0.25) is 15.0 Å². The van der Waals surface area contributed by atoms with Crippen LogP contribution in [0.15, 0.2) is 24.3 Å². The van der Waals surface area contributed by atoms with Crippen molar-refractivity contribution in [3.05, 3.63) is 29.8 Å². The molecule has 0 radical (unpaired) electrons. The molecular formula is C27H43ClN4O2S2. The molecule has 4 rings (SSSR count). The van der Waals surface area contributed by atoms with E-state index in [1.165, 1.54) is 37.7 Å². The van der Waals surface area contributed by atoms with Gasteiger partial charge in [0, 0.05) is 37.3 Å². The minimum absolute atomic E-state index is 0. The van der Waals surface area contributed by atoms with Crippen LogP contribution in [0.4, 0.5) is 0 Å². The maximum absolute atomic E-state index is 12.9. The zero-order chi connectivity index (χ0) is 24.5. The van der Waals surface area contributed by atoms with E-state index in [0.717, 1.165) is 73.6 Å². The number of thiocarbonyl (C=S) groups is 1. The lowest BCUT2D eigenvalue weighted by Gasteiger charge is -2.34. The number of nitrogens with zero attached hydrogens (tertiary/aromatic N) is 1. The number of benzene rings is 1. The van der Waals surface area contributed by atoms with Crippen molar-refractivity contribution in [3.63, 3.8) is 0 Å². The van der Waals surface area contributed by atoms with E-state index < -0.39 is 0 Å². The van der Waals surface area contributed by atoms with Gasteiger partial charge in [-0.25, -0.2) is 0 Å². The topological polar surface area (TPSA) is 65.6 Å². The summed E-state index contributed by atoms with van der Waals surface area (Å²) in [6, 6.07) is 8.58. The molecule has 6 nitrogen and oxygen atoms in total. The second-order valence-electron chi connectivity index (χ2n) is 10.3. The molecule has 2 atom stereocenters. The van der Waals surface area contributed by atoms with Crippen molar-refractivity contribution in [2.45, 2.75) is 82.5 Å². The van der Waals surface area contributed by atoms with Crippen LogP contribution in [-0.4, -0.2) is 65.8 Å². The van der Waals surface area contributed by atoms with Crippen LogP contribution in [-0.2, 0) is 11.3 Å². The number of likely N-dealkylation sites (tertiary alicyclic amines) is 1. The molecule has 2 aliphatic heterocycles. The summed E-state index contributed by atoms with van der Waals surface area (Å²) < 4.78 is 5.27. The Bertz CT molecular complexity index is 808. The normalized spacial score (nSPS) is 22.4. The van der Waals surface area contributed by atoms with Gasteiger partial charge >= 0.3 is 0 Å². The third-order valence-corrected chi connectivity index (χ3v) is 9.10. The standard InChI is InChI=1S/C27H42N4O2S2.ClH/c1-33-23-10-7-21(8-11-23)17-31-15-13-22(14-16-31)29-27(34)24(12-9-20-5-3-2-4-6-20)30-26(32)25-18-35-19-28-25;/h7-8,10-11,20,22,24-25,28H,2-6,9,12-19H2,1H3,(H,29,34)(H,30,32);1H/t24-,25+;/m1./s1. The lowest BCUT2D eigenvalue weighted by atomic mass is 9.85. The molecule has 0 unspecified atom stereocenters. The van der Waals surface area contributed by atoms with Crippen molar-refractivity contribution in [1.82, 2.24) is 20.9 Å². The number of rotatable bonds is 10. The Hall–Kier alpha value is -1.06. The highest BCUT2D eigenvalue weighted by Gasteiger charge is 2.28. The Morgan fingerprint density at radius 1 is 1.17 bits per heavy atom. The molecule has 202 valence electrons. The van der Waals surface area contributed by atoms with Crippen LogP contribution < -0.4 is 20.7 Å². The Morgan fingerprint density at radius 3 is 2.53 bits per heavy atom. The molecule has 3 N–H and O–H groups in total. The summed E-state index contributed by atoms with van der Waals surface area (Å²) in [5.41, 5.74) is 1.32. The third kappa shape index (κ3) is 9.05. The summed E-state index contributed by atoms with van der Waals surface area (Å²) >= 11 is 7.68. The Balaban J connectivity index is 0.00000361. The van der Waals surface area contributed by atoms with E-state index in [9.17, 15) is 4.79 Å². The first-order chi connectivity index (χ1) is 17.1. The predicted octanol–water partition coefficient (Wildman–Crippen LogP) is 4.51. The number of methoxy groups -OCH3 is 1. The van der Waals surface area contributed by atoms with Gasteiger partial charge in [-0.1, -0.05) is 56.5 Å². The molecule has 36 heavy (non-hydrogen) atoms. The van der Waals surface area contributed by atoms with Crippen LogP contribution in [0, 0.1) is 5.92 Å². The molecule has 9 heteroatoms. The summed E-state index contributed by atoms with van der Waals surface area (Å²) in [5.74, 6) is 3.48. The van der Waals surface area contributed by atoms with Gasteiger partial charge in [-0.2, -0.15) is 0 Å². The number of piperidine rings is 1. The largest absolute Gasteiger partial charge is 0.497 e. The smallest absolute Gasteiger partial charge is 0.238 e. The number of amides is 1. The number of nitrogens with one attached hydrogen (secondary N) is 3. The van der Waals surface area contributed by atoms with Gasteiger partial charge in [-0.15, -0.1) is 24.2 Å². The van der Waals surface area contributed by atoms with E-state index in [0.29, 0.717) is 6.04 Å². The minimum Gasteiger partial charge on any atom is -0.497 e. The van der Waals surface area contributed by atoms with Crippen molar-refractivity contribution in [1.29, 1.82) is 0 Å². The fourth-order valence-corrected chi connectivity index (χ4v) is 6.79. The van der Waals surface area contributed by atoms with Crippen LogP contribution in [0.25, 0.3) is 0 Å². The Labute approximate surface area is 232 Å². The van der Waals surface area contributed by atoms with Gasteiger partial charge in [0.1, 0.15) is 5.75 Å². The monoisotopic (exact) mass is 554 g/mol. The van der Waals surface area contributed by atoms with Gasteiger partial charge in [0.15, 0.2) is 0 Å². The van der Waals surface area contributed by atoms with Gasteiger partial charge in [-0.05, 0) is 49.3 Å². The average Bonchev–Trinajstić information content (AvgIpc) is 3.44. The fraction of sp³-hybridized carbons (Fsp3) is 0.704. The quantitative estimate of drug-likeness (QED) is 0.368. The molecule has 1 amide bonds.